The molecule has 0 radical (unpaired) electrons. The van der Waals surface area contributed by atoms with Crippen molar-refractivity contribution in [2.45, 2.75) is 38.6 Å². The molecule has 2 aromatic rings. The number of hydrogen-bond acceptors (Lipinski definition) is 5. The largest absolute Gasteiger partial charge is 0.493 e. The van der Waals surface area contributed by atoms with Crippen molar-refractivity contribution < 1.29 is 14.3 Å². The van der Waals surface area contributed by atoms with Crippen LogP contribution in [0.25, 0.3) is 6.08 Å². The molecule has 6 nitrogen and oxygen atoms in total. The summed E-state index contributed by atoms with van der Waals surface area (Å²) in [5.41, 5.74) is 2.62. The number of methoxy groups -OCH3 is 1. The van der Waals surface area contributed by atoms with Gasteiger partial charge in [-0.05, 0) is 75.3 Å². The molecular formula is C26H35N3O3. The van der Waals surface area contributed by atoms with E-state index in [1.807, 2.05) is 42.5 Å². The first-order valence-electron chi connectivity index (χ1n) is 11.4. The highest BCUT2D eigenvalue weighted by Crippen LogP contribution is 2.29. The maximum atomic E-state index is 12.6. The third-order valence-corrected chi connectivity index (χ3v) is 5.63. The molecule has 2 aromatic carbocycles. The van der Waals surface area contributed by atoms with Gasteiger partial charge in [-0.3, -0.25) is 4.79 Å². The molecule has 0 saturated carbocycles. The Morgan fingerprint density at radius 1 is 1.12 bits per heavy atom. The van der Waals surface area contributed by atoms with Crippen LogP contribution in [-0.4, -0.2) is 50.7 Å². The van der Waals surface area contributed by atoms with E-state index >= 15 is 0 Å². The molecule has 0 unspecified atom stereocenters. The SMILES string of the molecule is CCCCOc1ccc(C=CC(=O)Nc2ccccc2NC2CCN(C)CC2)cc1OC. The van der Waals surface area contributed by atoms with Crippen LogP contribution in [0.5, 0.6) is 11.5 Å². The van der Waals surface area contributed by atoms with E-state index in [1.165, 1.54) is 0 Å². The van der Waals surface area contributed by atoms with Gasteiger partial charge in [0.1, 0.15) is 0 Å². The molecule has 6 heteroatoms. The Morgan fingerprint density at radius 3 is 2.59 bits per heavy atom. The number of unbranched alkanes of at least 4 members (excludes halogenated alkanes) is 1. The van der Waals surface area contributed by atoms with E-state index in [1.54, 1.807) is 19.3 Å². The first kappa shape index (κ1) is 23.7. The van der Waals surface area contributed by atoms with Gasteiger partial charge >= 0.3 is 0 Å². The number of nitrogens with one attached hydrogen (secondary N) is 2. The van der Waals surface area contributed by atoms with Crippen molar-refractivity contribution in [3.05, 3.63) is 54.1 Å². The minimum Gasteiger partial charge on any atom is -0.493 e. The standard InChI is InChI=1S/C26H35N3O3/c1-4-5-18-32-24-12-10-20(19-25(24)31-3)11-13-26(30)28-23-9-7-6-8-22(23)27-21-14-16-29(2)17-15-21/h6-13,19,21,27H,4-5,14-18H2,1-3H3,(H,28,30). The molecule has 1 heterocycles. The second-order valence-corrected chi connectivity index (χ2v) is 8.20. The number of para-hydroxylation sites is 2. The molecule has 172 valence electrons. The predicted octanol–water partition coefficient (Wildman–Crippen LogP) is 5.03. The number of nitrogens with zero attached hydrogens (tertiary/aromatic N) is 1. The monoisotopic (exact) mass is 437 g/mol. The zero-order valence-electron chi connectivity index (χ0n) is 19.4. The maximum absolute atomic E-state index is 12.6. The van der Waals surface area contributed by atoms with Gasteiger partial charge in [-0.2, -0.15) is 0 Å². The topological polar surface area (TPSA) is 62.8 Å². The lowest BCUT2D eigenvalue weighted by Crippen LogP contribution is -2.36. The van der Waals surface area contributed by atoms with Crippen molar-refractivity contribution in [2.75, 3.05) is 44.5 Å². The third kappa shape index (κ3) is 7.02. The van der Waals surface area contributed by atoms with E-state index in [9.17, 15) is 4.79 Å². The number of benzene rings is 2. The fourth-order valence-corrected chi connectivity index (χ4v) is 3.67. The highest BCUT2D eigenvalue weighted by Gasteiger charge is 2.17. The first-order chi connectivity index (χ1) is 15.6. The summed E-state index contributed by atoms with van der Waals surface area (Å²) in [5.74, 6) is 1.21. The molecule has 32 heavy (non-hydrogen) atoms. The van der Waals surface area contributed by atoms with Gasteiger partial charge in [0.2, 0.25) is 5.91 Å². The summed E-state index contributed by atoms with van der Waals surface area (Å²) in [6.07, 6.45) is 7.59. The van der Waals surface area contributed by atoms with Gasteiger partial charge in [0, 0.05) is 12.1 Å². The fourth-order valence-electron chi connectivity index (χ4n) is 3.67. The van der Waals surface area contributed by atoms with Crippen LogP contribution in [-0.2, 0) is 4.79 Å². The van der Waals surface area contributed by atoms with Crippen LogP contribution in [0.15, 0.2) is 48.5 Å². The Kier molecular flexibility index (Phi) is 8.99. The second-order valence-electron chi connectivity index (χ2n) is 8.20. The van der Waals surface area contributed by atoms with E-state index in [0.29, 0.717) is 18.4 Å². The second kappa shape index (κ2) is 12.2. The minimum atomic E-state index is -0.176. The number of rotatable bonds is 10. The summed E-state index contributed by atoms with van der Waals surface area (Å²) in [5, 5.41) is 6.59. The normalized spacial score (nSPS) is 15.0. The average Bonchev–Trinajstić information content (AvgIpc) is 2.81. The average molecular weight is 438 g/mol. The molecule has 1 aliphatic heterocycles. The highest BCUT2D eigenvalue weighted by molar-refractivity contribution is 6.03. The molecule has 1 fully saturated rings. The van der Waals surface area contributed by atoms with Gasteiger partial charge < -0.3 is 25.0 Å². The van der Waals surface area contributed by atoms with Crippen LogP contribution < -0.4 is 20.1 Å². The van der Waals surface area contributed by atoms with Gasteiger partial charge in [0.05, 0.1) is 25.1 Å². The van der Waals surface area contributed by atoms with Gasteiger partial charge in [-0.25, -0.2) is 0 Å². The van der Waals surface area contributed by atoms with Gasteiger partial charge in [-0.1, -0.05) is 31.5 Å². The molecule has 1 amide bonds. The molecule has 2 N–H and O–H groups in total. The van der Waals surface area contributed by atoms with Crippen LogP contribution in [0.2, 0.25) is 0 Å². The highest BCUT2D eigenvalue weighted by atomic mass is 16.5. The van der Waals surface area contributed by atoms with Crippen molar-refractivity contribution in [2.24, 2.45) is 0 Å². The quantitative estimate of drug-likeness (QED) is 0.403. The third-order valence-electron chi connectivity index (χ3n) is 5.63. The number of carbonyl (C=O) groups is 1. The number of piperidine rings is 1. The smallest absolute Gasteiger partial charge is 0.248 e. The number of likely N-dealkylation sites (tertiary alicyclic amines) is 1. The molecule has 1 saturated heterocycles. The number of hydrogen-bond donors (Lipinski definition) is 2. The summed E-state index contributed by atoms with van der Waals surface area (Å²) >= 11 is 0. The van der Waals surface area contributed by atoms with Crippen molar-refractivity contribution in [3.8, 4) is 11.5 Å². The van der Waals surface area contributed by atoms with Crippen LogP contribution in [0.4, 0.5) is 11.4 Å². The molecular weight excluding hydrogens is 402 g/mol. The summed E-state index contributed by atoms with van der Waals surface area (Å²) in [6, 6.07) is 14.0. The molecule has 0 aromatic heterocycles. The van der Waals surface area contributed by atoms with E-state index in [0.717, 1.165) is 61.5 Å². The molecule has 0 aliphatic carbocycles. The lowest BCUT2D eigenvalue weighted by molar-refractivity contribution is -0.111. The summed E-state index contributed by atoms with van der Waals surface area (Å²) in [6.45, 7) is 4.96. The summed E-state index contributed by atoms with van der Waals surface area (Å²) in [7, 11) is 3.77. The molecule has 0 bridgehead atoms. The van der Waals surface area contributed by atoms with E-state index in [2.05, 4.69) is 29.5 Å². The van der Waals surface area contributed by atoms with Crippen molar-refractivity contribution in [1.82, 2.24) is 4.90 Å². The minimum absolute atomic E-state index is 0.176. The molecule has 3 rings (SSSR count). The number of amides is 1. The van der Waals surface area contributed by atoms with E-state index < -0.39 is 0 Å². The lowest BCUT2D eigenvalue weighted by atomic mass is 10.0. The fraction of sp³-hybridized carbons (Fsp3) is 0.423. The Labute approximate surface area is 191 Å². The Balaban J connectivity index is 1.61. The Bertz CT molecular complexity index is 905. The van der Waals surface area contributed by atoms with E-state index in [4.69, 9.17) is 9.47 Å². The van der Waals surface area contributed by atoms with Crippen LogP contribution in [0.1, 0.15) is 38.2 Å². The van der Waals surface area contributed by atoms with Crippen LogP contribution in [0.3, 0.4) is 0 Å². The number of carbonyl (C=O) groups excluding carboxylic acids is 1. The zero-order chi connectivity index (χ0) is 22.8. The van der Waals surface area contributed by atoms with Gasteiger partial charge in [-0.15, -0.1) is 0 Å². The predicted molar refractivity (Wildman–Crippen MR) is 132 cm³/mol. The number of anilines is 2. The lowest BCUT2D eigenvalue weighted by Gasteiger charge is -2.30. The van der Waals surface area contributed by atoms with Crippen LogP contribution >= 0.6 is 0 Å². The summed E-state index contributed by atoms with van der Waals surface area (Å²) < 4.78 is 11.2. The van der Waals surface area contributed by atoms with E-state index in [-0.39, 0.29) is 5.91 Å². The number of ether oxygens (including phenoxy) is 2. The van der Waals surface area contributed by atoms with Gasteiger partial charge in [0.15, 0.2) is 11.5 Å². The molecule has 1 aliphatic rings. The molecule has 0 spiro atoms. The Hall–Kier alpha value is -2.99. The summed E-state index contributed by atoms with van der Waals surface area (Å²) in [4.78, 5) is 14.9. The maximum Gasteiger partial charge on any atom is 0.248 e. The zero-order valence-corrected chi connectivity index (χ0v) is 19.4. The first-order valence-corrected chi connectivity index (χ1v) is 11.4. The van der Waals surface area contributed by atoms with Gasteiger partial charge in [0.25, 0.3) is 0 Å². The van der Waals surface area contributed by atoms with Crippen molar-refractivity contribution in [3.63, 3.8) is 0 Å². The van der Waals surface area contributed by atoms with Crippen LogP contribution in [0, 0.1) is 0 Å². The molecule has 0 atom stereocenters. The Morgan fingerprint density at radius 2 is 1.88 bits per heavy atom. The van der Waals surface area contributed by atoms with Crippen molar-refractivity contribution in [1.29, 1.82) is 0 Å². The van der Waals surface area contributed by atoms with Crippen molar-refractivity contribution >= 4 is 23.4 Å².